The van der Waals surface area contributed by atoms with Crippen LogP contribution in [0.4, 0.5) is 0 Å². The Bertz CT molecular complexity index is 2260. The van der Waals surface area contributed by atoms with Crippen LogP contribution in [0, 0.1) is 152 Å². The molecule has 9 aromatic rings. The van der Waals surface area contributed by atoms with Gasteiger partial charge < -0.3 is 17.9 Å². The molecule has 0 saturated heterocycles. The molecule has 0 bridgehead atoms. The van der Waals surface area contributed by atoms with E-state index in [1.807, 2.05) is 183 Å². The van der Waals surface area contributed by atoms with E-state index in [9.17, 15) is 0 Å². The van der Waals surface area contributed by atoms with E-state index in [0.29, 0.717) is 0 Å². The molecule has 440 valence electrons. The van der Waals surface area contributed by atoms with Crippen LogP contribution in [0.1, 0.15) is 190 Å². The number of pyridine rings is 1. The highest BCUT2D eigenvalue weighted by Crippen LogP contribution is 2.16. The summed E-state index contributed by atoms with van der Waals surface area (Å²) in [5, 5.41) is 11.7. The van der Waals surface area contributed by atoms with Gasteiger partial charge in [0.15, 0.2) is 0 Å². The molecule has 0 aliphatic heterocycles. The molecular formula is C65H107N5O4S4. The minimum absolute atomic E-state index is 0.919. The van der Waals surface area contributed by atoms with E-state index in [1.165, 1.54) is 75.4 Å². The summed E-state index contributed by atoms with van der Waals surface area (Å²) >= 11 is 6.77. The molecule has 9 rings (SSSR count). The van der Waals surface area contributed by atoms with Crippen molar-refractivity contribution in [1.82, 2.24) is 24.0 Å². The topological polar surface area (TPSA) is 117 Å². The fourth-order valence-corrected chi connectivity index (χ4v) is 7.30. The fraction of sp³-hybridized carbons (Fsp3) is 0.492. The molecule has 13 heteroatoms. The zero-order valence-corrected chi connectivity index (χ0v) is 58.1. The van der Waals surface area contributed by atoms with E-state index >= 15 is 0 Å². The average Bonchev–Trinajstić information content (AvgIpc) is 4.39. The lowest BCUT2D eigenvalue weighted by Gasteiger charge is -1.92. The van der Waals surface area contributed by atoms with Crippen LogP contribution in [0.5, 0.6) is 0 Å². The summed E-state index contributed by atoms with van der Waals surface area (Å²) in [6, 6.07) is 10.2. The molecule has 0 unspecified atom stereocenters. The van der Waals surface area contributed by atoms with E-state index in [2.05, 4.69) is 116 Å². The first-order valence-electron chi connectivity index (χ1n) is 27.4. The van der Waals surface area contributed by atoms with E-state index in [1.54, 1.807) is 58.3 Å². The van der Waals surface area contributed by atoms with Gasteiger partial charge in [-0.3, -0.25) is 4.98 Å². The Hall–Kier alpha value is -5.21. The standard InChI is InChI=1S/C7H9N.2C6H9NO.2C6H9NS.2C6H8O.2C6H8S.5C2H6/c1-6-3-4-8-5-7(6)2;4*1-4-5(2)7-8-6(4)3;4*1-5-3-4-7-6(5)2;5*1-2/h3-5H,1-2H3;4*1-3H3;4*3-4H,1-2H3;5*1-2H3. The highest BCUT2D eigenvalue weighted by molar-refractivity contribution is 7.10. The first kappa shape index (κ1) is 81.6. The molecule has 0 atom stereocenters. The molecule has 0 aromatic carbocycles. The molecule has 0 aliphatic carbocycles. The Morgan fingerprint density at radius 3 is 0.744 bits per heavy atom. The fourth-order valence-electron chi connectivity index (χ4n) is 4.45. The van der Waals surface area contributed by atoms with Crippen LogP contribution >= 0.6 is 45.7 Å². The van der Waals surface area contributed by atoms with Crippen LogP contribution in [0.15, 0.2) is 83.9 Å². The van der Waals surface area contributed by atoms with Gasteiger partial charge in [0.05, 0.1) is 35.3 Å². The van der Waals surface area contributed by atoms with Crippen LogP contribution < -0.4 is 0 Å². The predicted molar refractivity (Wildman–Crippen MR) is 348 cm³/mol. The molecule has 0 amide bonds. The second-order valence-corrected chi connectivity index (χ2v) is 20.6. The smallest absolute Gasteiger partial charge is 0.136 e. The van der Waals surface area contributed by atoms with Gasteiger partial charge in [-0.2, -0.15) is 8.75 Å². The number of hydrogen-bond donors (Lipinski definition) is 0. The van der Waals surface area contributed by atoms with Gasteiger partial charge in [-0.05, 0) is 261 Å². The van der Waals surface area contributed by atoms with Crippen molar-refractivity contribution in [2.24, 2.45) is 0 Å². The Labute approximate surface area is 493 Å². The van der Waals surface area contributed by atoms with Gasteiger partial charge >= 0.3 is 0 Å². The van der Waals surface area contributed by atoms with Crippen molar-refractivity contribution in [2.45, 2.75) is 222 Å². The quantitative estimate of drug-likeness (QED) is 0.146. The zero-order valence-electron chi connectivity index (χ0n) is 54.9. The summed E-state index contributed by atoms with van der Waals surface area (Å²) in [6.45, 7) is 64.8. The van der Waals surface area contributed by atoms with Crippen molar-refractivity contribution >= 4 is 45.7 Å². The van der Waals surface area contributed by atoms with Crippen molar-refractivity contribution in [1.29, 1.82) is 0 Å². The minimum Gasteiger partial charge on any atom is -0.469 e. The van der Waals surface area contributed by atoms with Crippen molar-refractivity contribution in [3.63, 3.8) is 0 Å². The number of rotatable bonds is 0. The maximum Gasteiger partial charge on any atom is 0.136 e. The molecular weight excluding hydrogens is 1040 g/mol. The summed E-state index contributed by atoms with van der Waals surface area (Å²) in [5.74, 6) is 3.87. The summed E-state index contributed by atoms with van der Waals surface area (Å²) in [4.78, 5) is 9.48. The molecule has 9 aromatic heterocycles. The van der Waals surface area contributed by atoms with Crippen LogP contribution in [0.25, 0.3) is 0 Å². The van der Waals surface area contributed by atoms with Gasteiger partial charge in [0.2, 0.25) is 0 Å². The van der Waals surface area contributed by atoms with Gasteiger partial charge in [-0.15, -0.1) is 22.7 Å². The number of furan rings is 2. The highest BCUT2D eigenvalue weighted by atomic mass is 32.1. The third-order valence-electron chi connectivity index (χ3n) is 11.3. The van der Waals surface area contributed by atoms with Crippen molar-refractivity contribution in [2.75, 3.05) is 0 Å². The predicted octanol–water partition coefficient (Wildman–Crippen LogP) is 22.7. The summed E-state index contributed by atoms with van der Waals surface area (Å²) in [5.41, 5.74) is 17.1. The molecule has 0 spiro atoms. The van der Waals surface area contributed by atoms with Gasteiger partial charge in [-0.1, -0.05) is 79.6 Å². The number of hydrogen-bond acceptors (Lipinski definition) is 13. The lowest BCUT2D eigenvalue weighted by Crippen LogP contribution is -1.78. The SMILES string of the molecule is CC.CC.CC.CC.CC.Cc1ccncc1C.Cc1ccoc1C.Cc1ccoc1C.Cc1ccsc1C.Cc1ccsc1C.Cc1noc(C)c1C.Cc1noc(C)c1C.Cc1nsc(C)c1C.Cc1nsc(C)c1C. The molecule has 9 heterocycles. The summed E-state index contributed by atoms with van der Waals surface area (Å²) in [7, 11) is 0. The molecule has 0 fully saturated rings. The van der Waals surface area contributed by atoms with E-state index in [0.717, 1.165) is 45.6 Å². The first-order chi connectivity index (χ1) is 36.9. The summed E-state index contributed by atoms with van der Waals surface area (Å²) in [6.07, 6.45) is 7.08. The van der Waals surface area contributed by atoms with E-state index in [-0.39, 0.29) is 0 Å². The Kier molecular flexibility index (Phi) is 52.4. The minimum atomic E-state index is 0.919. The van der Waals surface area contributed by atoms with Crippen molar-refractivity contribution in [3.8, 4) is 0 Å². The molecule has 0 aliphatic rings. The number of aryl methyl sites for hydroxylation is 18. The van der Waals surface area contributed by atoms with Crippen molar-refractivity contribution in [3.05, 3.63) is 187 Å². The normalized spacial score (nSPS) is 8.77. The van der Waals surface area contributed by atoms with Crippen molar-refractivity contribution < 1.29 is 17.9 Å². The van der Waals surface area contributed by atoms with Gasteiger partial charge in [0, 0.05) is 43.0 Å². The van der Waals surface area contributed by atoms with Crippen LogP contribution in [0.3, 0.4) is 0 Å². The Morgan fingerprint density at radius 2 is 0.654 bits per heavy atom. The van der Waals surface area contributed by atoms with Gasteiger partial charge in [0.1, 0.15) is 23.0 Å². The third kappa shape index (κ3) is 36.1. The molecule has 0 saturated carbocycles. The Balaban J connectivity index is -0.000000251. The zero-order chi connectivity index (χ0) is 61.7. The molecule has 78 heavy (non-hydrogen) atoms. The third-order valence-corrected chi connectivity index (χ3v) is 15.1. The van der Waals surface area contributed by atoms with Gasteiger partial charge in [-0.25, -0.2) is 0 Å². The monoisotopic (exact) mass is 1150 g/mol. The van der Waals surface area contributed by atoms with Crippen LogP contribution in [-0.4, -0.2) is 24.0 Å². The van der Waals surface area contributed by atoms with Crippen LogP contribution in [0.2, 0.25) is 0 Å². The molecule has 0 radical (unpaired) electrons. The van der Waals surface area contributed by atoms with Crippen LogP contribution in [-0.2, 0) is 0 Å². The maximum absolute atomic E-state index is 4.96. The number of nitrogens with zero attached hydrogens (tertiary/aromatic N) is 5. The second kappa shape index (κ2) is 50.0. The largest absolute Gasteiger partial charge is 0.469 e. The summed E-state index contributed by atoms with van der Waals surface area (Å²) < 4.78 is 27.9. The lowest BCUT2D eigenvalue weighted by molar-refractivity contribution is 0.392. The second-order valence-electron chi connectivity index (χ2n) is 16.4. The van der Waals surface area contributed by atoms with E-state index < -0.39 is 0 Å². The lowest BCUT2D eigenvalue weighted by atomic mass is 10.2. The highest BCUT2D eigenvalue weighted by Gasteiger charge is 2.02. The van der Waals surface area contributed by atoms with Gasteiger partial charge in [0.25, 0.3) is 0 Å². The number of aromatic nitrogens is 5. The molecule has 9 nitrogen and oxygen atoms in total. The molecule has 0 N–H and O–H groups in total. The number of thiophene rings is 2. The average molecular weight is 1150 g/mol. The first-order valence-corrected chi connectivity index (χ1v) is 30.7. The van der Waals surface area contributed by atoms with E-state index in [4.69, 9.17) is 17.9 Å². The maximum atomic E-state index is 4.96. The Morgan fingerprint density at radius 1 is 0.321 bits per heavy atom.